The molecule has 2 heterocycles. The van der Waals surface area contributed by atoms with Crippen molar-refractivity contribution in [2.45, 2.75) is 13.5 Å². The highest BCUT2D eigenvalue weighted by atomic mass is 79.9. The SMILES string of the molecule is CCOC(=O)c1cn(Cc2ccc(Br)cc2)nc1-n1cc(-c2ccccc2)nn1. The number of hydrogen-bond acceptors (Lipinski definition) is 5. The number of rotatable bonds is 6. The van der Waals surface area contributed by atoms with Crippen LogP contribution in [0.5, 0.6) is 0 Å². The molecule has 0 bridgehead atoms. The molecule has 2 aromatic heterocycles. The first-order valence-corrected chi connectivity index (χ1v) is 9.90. The van der Waals surface area contributed by atoms with Gasteiger partial charge in [-0.3, -0.25) is 4.68 Å². The van der Waals surface area contributed by atoms with Gasteiger partial charge in [0.1, 0.15) is 11.3 Å². The lowest BCUT2D eigenvalue weighted by molar-refractivity contribution is 0.0526. The standard InChI is InChI=1S/C21H18BrN5O2/c1-2-29-21(28)18-13-26(12-15-8-10-17(22)11-9-15)24-20(18)27-14-19(23-25-27)16-6-4-3-5-7-16/h3-11,13-14H,2,12H2,1H3. The van der Waals surface area contributed by atoms with Crippen molar-refractivity contribution in [3.05, 3.63) is 82.6 Å². The van der Waals surface area contributed by atoms with E-state index in [0.717, 1.165) is 15.6 Å². The van der Waals surface area contributed by atoms with Crippen LogP contribution in [0.4, 0.5) is 0 Å². The highest BCUT2D eigenvalue weighted by Gasteiger charge is 2.21. The molecule has 0 unspecified atom stereocenters. The van der Waals surface area contributed by atoms with E-state index in [1.54, 1.807) is 24.0 Å². The molecule has 4 aromatic rings. The van der Waals surface area contributed by atoms with Crippen LogP contribution in [0.2, 0.25) is 0 Å². The molecule has 0 aliphatic heterocycles. The van der Waals surface area contributed by atoms with E-state index < -0.39 is 5.97 Å². The summed E-state index contributed by atoms with van der Waals surface area (Å²) >= 11 is 3.43. The van der Waals surface area contributed by atoms with Gasteiger partial charge < -0.3 is 4.74 Å². The topological polar surface area (TPSA) is 74.8 Å². The Morgan fingerprint density at radius 1 is 1.07 bits per heavy atom. The van der Waals surface area contributed by atoms with Crippen molar-refractivity contribution < 1.29 is 9.53 Å². The quantitative estimate of drug-likeness (QED) is 0.412. The number of halogens is 1. The lowest BCUT2D eigenvalue weighted by atomic mass is 10.2. The van der Waals surface area contributed by atoms with Gasteiger partial charge in [-0.25, -0.2) is 4.79 Å². The number of hydrogen-bond donors (Lipinski definition) is 0. The largest absolute Gasteiger partial charge is 0.462 e. The molecule has 0 saturated heterocycles. The Morgan fingerprint density at radius 3 is 2.55 bits per heavy atom. The maximum Gasteiger partial charge on any atom is 0.343 e. The summed E-state index contributed by atoms with van der Waals surface area (Å²) in [6, 6.07) is 17.6. The van der Waals surface area contributed by atoms with Crippen LogP contribution in [-0.4, -0.2) is 37.4 Å². The first-order valence-electron chi connectivity index (χ1n) is 9.11. The minimum atomic E-state index is -0.443. The zero-order valence-electron chi connectivity index (χ0n) is 15.7. The highest BCUT2D eigenvalue weighted by molar-refractivity contribution is 9.10. The molecule has 0 radical (unpaired) electrons. The van der Waals surface area contributed by atoms with Crippen LogP contribution in [0.15, 0.2) is 71.5 Å². The van der Waals surface area contributed by atoms with Crippen LogP contribution < -0.4 is 0 Å². The van der Waals surface area contributed by atoms with Crippen molar-refractivity contribution in [3.8, 4) is 17.1 Å². The molecule has 0 saturated carbocycles. The predicted molar refractivity (Wildman–Crippen MR) is 112 cm³/mol. The summed E-state index contributed by atoms with van der Waals surface area (Å²) < 4.78 is 9.42. The van der Waals surface area contributed by atoms with Crippen LogP contribution in [0.1, 0.15) is 22.8 Å². The van der Waals surface area contributed by atoms with E-state index in [4.69, 9.17) is 4.74 Å². The second kappa shape index (κ2) is 8.40. The van der Waals surface area contributed by atoms with Crippen molar-refractivity contribution in [2.24, 2.45) is 0 Å². The second-order valence-electron chi connectivity index (χ2n) is 6.33. The molecule has 0 aliphatic carbocycles. The van der Waals surface area contributed by atoms with Crippen LogP contribution in [0.25, 0.3) is 17.1 Å². The van der Waals surface area contributed by atoms with E-state index in [1.807, 2.05) is 54.6 Å². The van der Waals surface area contributed by atoms with Gasteiger partial charge in [0.2, 0.25) is 0 Å². The zero-order valence-corrected chi connectivity index (χ0v) is 17.3. The van der Waals surface area contributed by atoms with Crippen molar-refractivity contribution in [2.75, 3.05) is 6.61 Å². The van der Waals surface area contributed by atoms with Gasteiger partial charge in [0.25, 0.3) is 0 Å². The van der Waals surface area contributed by atoms with E-state index in [1.165, 1.54) is 4.68 Å². The van der Waals surface area contributed by atoms with E-state index in [-0.39, 0.29) is 6.61 Å². The lowest BCUT2D eigenvalue weighted by Gasteiger charge is -2.01. The number of carbonyl (C=O) groups is 1. The monoisotopic (exact) mass is 451 g/mol. The molecule has 0 spiro atoms. The lowest BCUT2D eigenvalue weighted by Crippen LogP contribution is -2.08. The number of carbonyl (C=O) groups excluding carboxylic acids is 1. The third-order valence-corrected chi connectivity index (χ3v) is 4.80. The summed E-state index contributed by atoms with van der Waals surface area (Å²) in [4.78, 5) is 12.5. The van der Waals surface area contributed by atoms with Crippen molar-refractivity contribution in [3.63, 3.8) is 0 Å². The molecule has 29 heavy (non-hydrogen) atoms. The van der Waals surface area contributed by atoms with Gasteiger partial charge >= 0.3 is 5.97 Å². The highest BCUT2D eigenvalue weighted by Crippen LogP contribution is 2.20. The molecule has 0 N–H and O–H groups in total. The normalized spacial score (nSPS) is 10.8. The minimum Gasteiger partial charge on any atom is -0.462 e. The van der Waals surface area contributed by atoms with Crippen LogP contribution in [0.3, 0.4) is 0 Å². The Bertz CT molecular complexity index is 1120. The van der Waals surface area contributed by atoms with E-state index >= 15 is 0 Å². The summed E-state index contributed by atoms with van der Waals surface area (Å²) in [5, 5.41) is 13.0. The van der Waals surface area contributed by atoms with E-state index in [0.29, 0.717) is 23.6 Å². The molecular weight excluding hydrogens is 434 g/mol. The maximum atomic E-state index is 12.5. The Hall–Kier alpha value is -3.26. The number of benzene rings is 2. The van der Waals surface area contributed by atoms with Gasteiger partial charge in [-0.15, -0.1) is 5.10 Å². The summed E-state index contributed by atoms with van der Waals surface area (Å²) in [5.74, 6) is -0.0587. The summed E-state index contributed by atoms with van der Waals surface area (Å²) in [5.41, 5.74) is 3.03. The zero-order chi connectivity index (χ0) is 20.2. The fraction of sp³-hybridized carbons (Fsp3) is 0.143. The molecule has 0 fully saturated rings. The smallest absolute Gasteiger partial charge is 0.343 e. The molecule has 8 heteroatoms. The minimum absolute atomic E-state index is 0.281. The van der Waals surface area contributed by atoms with Crippen molar-refractivity contribution in [1.82, 2.24) is 24.8 Å². The fourth-order valence-corrected chi connectivity index (χ4v) is 3.16. The second-order valence-corrected chi connectivity index (χ2v) is 7.24. The third kappa shape index (κ3) is 4.27. The number of esters is 1. The molecule has 0 aliphatic rings. The van der Waals surface area contributed by atoms with Crippen LogP contribution in [-0.2, 0) is 11.3 Å². The first kappa shape index (κ1) is 19.1. The van der Waals surface area contributed by atoms with Crippen LogP contribution in [0, 0.1) is 0 Å². The van der Waals surface area contributed by atoms with Gasteiger partial charge in [0.05, 0.1) is 19.3 Å². The van der Waals surface area contributed by atoms with Crippen molar-refractivity contribution >= 4 is 21.9 Å². The number of aromatic nitrogens is 5. The Balaban J connectivity index is 1.69. The van der Waals surface area contributed by atoms with Crippen LogP contribution >= 0.6 is 15.9 Å². The molecular formula is C21H18BrN5O2. The molecule has 146 valence electrons. The Morgan fingerprint density at radius 2 is 1.83 bits per heavy atom. The maximum absolute atomic E-state index is 12.5. The summed E-state index contributed by atoms with van der Waals surface area (Å²) in [7, 11) is 0. The average Bonchev–Trinajstić information content (AvgIpc) is 3.38. The van der Waals surface area contributed by atoms with Gasteiger partial charge in [0.15, 0.2) is 5.82 Å². The third-order valence-electron chi connectivity index (χ3n) is 4.28. The molecule has 4 rings (SSSR count). The van der Waals surface area contributed by atoms with E-state index in [9.17, 15) is 4.79 Å². The summed E-state index contributed by atoms with van der Waals surface area (Å²) in [6.07, 6.45) is 3.43. The molecule has 0 amide bonds. The molecule has 7 nitrogen and oxygen atoms in total. The van der Waals surface area contributed by atoms with Gasteiger partial charge in [-0.1, -0.05) is 63.6 Å². The van der Waals surface area contributed by atoms with Gasteiger partial charge in [-0.05, 0) is 24.6 Å². The Labute approximate surface area is 176 Å². The van der Waals surface area contributed by atoms with Crippen molar-refractivity contribution in [1.29, 1.82) is 0 Å². The average molecular weight is 452 g/mol. The van der Waals surface area contributed by atoms with Gasteiger partial charge in [-0.2, -0.15) is 9.78 Å². The first-order chi connectivity index (χ1) is 14.1. The predicted octanol–water partition coefficient (Wildman–Crippen LogP) is 4.12. The fourth-order valence-electron chi connectivity index (χ4n) is 2.90. The van der Waals surface area contributed by atoms with E-state index in [2.05, 4.69) is 31.3 Å². The Kier molecular flexibility index (Phi) is 5.53. The molecule has 0 atom stereocenters. The number of nitrogens with zero attached hydrogens (tertiary/aromatic N) is 5. The number of ether oxygens (including phenoxy) is 1. The summed E-state index contributed by atoms with van der Waals surface area (Å²) in [6.45, 7) is 2.56. The molecule has 2 aromatic carbocycles. The van der Waals surface area contributed by atoms with Gasteiger partial charge in [0, 0.05) is 16.2 Å².